The van der Waals surface area contributed by atoms with Gasteiger partial charge in [0.25, 0.3) is 0 Å². The molecule has 2 heterocycles. The molecule has 1 aromatic heterocycles. The Bertz CT molecular complexity index is 613. The summed E-state index contributed by atoms with van der Waals surface area (Å²) >= 11 is 5.91. The summed E-state index contributed by atoms with van der Waals surface area (Å²) in [6, 6.07) is 13.6. The first kappa shape index (κ1) is 12.2. The smallest absolute Gasteiger partial charge is 0.227 e. The number of benzene rings is 1. The van der Waals surface area contributed by atoms with Crippen LogP contribution in [0.5, 0.6) is 0 Å². The van der Waals surface area contributed by atoms with Crippen molar-refractivity contribution in [3.05, 3.63) is 58.9 Å². The van der Waals surface area contributed by atoms with Crippen molar-refractivity contribution in [2.75, 3.05) is 4.90 Å². The van der Waals surface area contributed by atoms with E-state index < -0.39 is 0 Å². The zero-order chi connectivity index (χ0) is 13.2. The highest BCUT2D eigenvalue weighted by atomic mass is 35.5. The minimum absolute atomic E-state index is 0.139. The van der Waals surface area contributed by atoms with Gasteiger partial charge in [-0.25, -0.2) is 4.98 Å². The summed E-state index contributed by atoms with van der Waals surface area (Å²) in [6.07, 6.45) is 1.16. The number of aryl methyl sites for hydroxylation is 1. The van der Waals surface area contributed by atoms with Gasteiger partial charge < -0.3 is 4.90 Å². The first-order valence-electron chi connectivity index (χ1n) is 6.24. The molecule has 0 saturated carbocycles. The Balaban J connectivity index is 1.95. The van der Waals surface area contributed by atoms with Crippen molar-refractivity contribution in [3.63, 3.8) is 0 Å². The number of rotatable bonds is 2. The standard InChI is InChI=1S/C15H13ClN2O/c16-14-8-7-13-12(17-14)6-9-15(19)18(13)10-11-4-2-1-3-5-11/h1-5,7-8H,6,9-10H2. The minimum atomic E-state index is 0.139. The topological polar surface area (TPSA) is 33.2 Å². The molecule has 0 aliphatic carbocycles. The first-order chi connectivity index (χ1) is 9.24. The number of anilines is 1. The van der Waals surface area contributed by atoms with Gasteiger partial charge >= 0.3 is 0 Å². The molecule has 19 heavy (non-hydrogen) atoms. The fourth-order valence-electron chi connectivity index (χ4n) is 2.33. The highest BCUT2D eigenvalue weighted by Gasteiger charge is 2.25. The van der Waals surface area contributed by atoms with Crippen molar-refractivity contribution in [2.24, 2.45) is 0 Å². The lowest BCUT2D eigenvalue weighted by Crippen LogP contribution is -2.34. The quantitative estimate of drug-likeness (QED) is 0.787. The number of fused-ring (bicyclic) bond motifs is 1. The number of nitrogens with zero attached hydrogens (tertiary/aromatic N) is 2. The Kier molecular flexibility index (Phi) is 3.22. The number of carbonyl (C=O) groups excluding carboxylic acids is 1. The van der Waals surface area contributed by atoms with Crippen LogP contribution >= 0.6 is 11.6 Å². The monoisotopic (exact) mass is 272 g/mol. The van der Waals surface area contributed by atoms with Gasteiger partial charge in [-0.3, -0.25) is 4.79 Å². The molecule has 0 atom stereocenters. The van der Waals surface area contributed by atoms with Gasteiger partial charge in [0.15, 0.2) is 0 Å². The molecule has 4 heteroatoms. The number of hydrogen-bond donors (Lipinski definition) is 0. The van der Waals surface area contributed by atoms with E-state index in [1.54, 1.807) is 11.0 Å². The molecule has 2 aromatic rings. The lowest BCUT2D eigenvalue weighted by Gasteiger charge is -2.28. The molecule has 0 fully saturated rings. The van der Waals surface area contributed by atoms with E-state index in [-0.39, 0.29) is 5.91 Å². The largest absolute Gasteiger partial charge is 0.306 e. The summed E-state index contributed by atoms with van der Waals surface area (Å²) in [5.74, 6) is 0.139. The van der Waals surface area contributed by atoms with Crippen LogP contribution in [0, 0.1) is 0 Å². The number of hydrogen-bond acceptors (Lipinski definition) is 2. The van der Waals surface area contributed by atoms with Crippen LogP contribution in [-0.2, 0) is 17.8 Å². The molecule has 1 aromatic carbocycles. The Morgan fingerprint density at radius 2 is 1.89 bits per heavy atom. The second-order valence-corrected chi connectivity index (χ2v) is 4.95. The van der Waals surface area contributed by atoms with Crippen LogP contribution in [-0.4, -0.2) is 10.9 Å². The Morgan fingerprint density at radius 3 is 2.68 bits per heavy atom. The Labute approximate surface area is 116 Å². The molecular weight excluding hydrogens is 260 g/mol. The van der Waals surface area contributed by atoms with E-state index in [0.29, 0.717) is 24.5 Å². The highest BCUT2D eigenvalue weighted by Crippen LogP contribution is 2.29. The average Bonchev–Trinajstić information content (AvgIpc) is 2.43. The second kappa shape index (κ2) is 5.02. The maximum absolute atomic E-state index is 12.1. The molecule has 3 rings (SSSR count). The van der Waals surface area contributed by atoms with Crippen molar-refractivity contribution < 1.29 is 4.79 Å². The molecule has 3 nitrogen and oxygen atoms in total. The number of carbonyl (C=O) groups is 1. The average molecular weight is 273 g/mol. The SMILES string of the molecule is O=C1CCc2nc(Cl)ccc2N1Cc1ccccc1. The van der Waals surface area contributed by atoms with Crippen molar-refractivity contribution in [1.82, 2.24) is 4.98 Å². The van der Waals surface area contributed by atoms with Gasteiger partial charge in [0.2, 0.25) is 5.91 Å². The van der Waals surface area contributed by atoms with E-state index in [1.165, 1.54) is 0 Å². The Morgan fingerprint density at radius 1 is 1.11 bits per heavy atom. The molecule has 96 valence electrons. The van der Waals surface area contributed by atoms with E-state index in [4.69, 9.17) is 11.6 Å². The van der Waals surface area contributed by atoms with E-state index in [2.05, 4.69) is 4.98 Å². The maximum Gasteiger partial charge on any atom is 0.227 e. The van der Waals surface area contributed by atoms with Crippen molar-refractivity contribution >= 4 is 23.2 Å². The molecule has 0 radical (unpaired) electrons. The summed E-state index contributed by atoms with van der Waals surface area (Å²) in [6.45, 7) is 0.579. The minimum Gasteiger partial charge on any atom is -0.306 e. The fraction of sp³-hybridized carbons (Fsp3) is 0.200. The third kappa shape index (κ3) is 2.47. The van der Waals surface area contributed by atoms with Crippen LogP contribution in [0.3, 0.4) is 0 Å². The van der Waals surface area contributed by atoms with Gasteiger partial charge in [-0.2, -0.15) is 0 Å². The summed E-state index contributed by atoms with van der Waals surface area (Å²) in [4.78, 5) is 18.2. The van der Waals surface area contributed by atoms with Crippen LogP contribution < -0.4 is 4.90 Å². The van der Waals surface area contributed by atoms with Crippen molar-refractivity contribution in [1.29, 1.82) is 0 Å². The maximum atomic E-state index is 12.1. The molecular formula is C15H13ClN2O. The Hall–Kier alpha value is -1.87. The summed E-state index contributed by atoms with van der Waals surface area (Å²) in [5, 5.41) is 0.479. The summed E-state index contributed by atoms with van der Waals surface area (Å²) in [5.41, 5.74) is 2.89. The van der Waals surface area contributed by atoms with Crippen LogP contribution in [0.2, 0.25) is 5.15 Å². The lowest BCUT2D eigenvalue weighted by atomic mass is 10.1. The van der Waals surface area contributed by atoms with Crippen LogP contribution in [0.15, 0.2) is 42.5 Å². The number of aromatic nitrogens is 1. The number of pyridine rings is 1. The summed E-state index contributed by atoms with van der Waals surface area (Å²) < 4.78 is 0. The molecule has 1 amide bonds. The van der Waals surface area contributed by atoms with Gasteiger partial charge in [-0.1, -0.05) is 41.9 Å². The van der Waals surface area contributed by atoms with Crippen LogP contribution in [0.4, 0.5) is 5.69 Å². The third-order valence-electron chi connectivity index (χ3n) is 3.27. The van der Waals surface area contributed by atoms with E-state index in [0.717, 1.165) is 16.9 Å². The van der Waals surface area contributed by atoms with Crippen LogP contribution in [0.25, 0.3) is 0 Å². The van der Waals surface area contributed by atoms with E-state index >= 15 is 0 Å². The number of amides is 1. The predicted octanol–water partition coefficient (Wildman–Crippen LogP) is 3.21. The molecule has 0 spiro atoms. The van der Waals surface area contributed by atoms with Gasteiger partial charge in [-0.15, -0.1) is 0 Å². The molecule has 0 unspecified atom stereocenters. The van der Waals surface area contributed by atoms with Crippen LogP contribution in [0.1, 0.15) is 17.7 Å². The molecule has 0 N–H and O–H groups in total. The van der Waals surface area contributed by atoms with Gasteiger partial charge in [0.1, 0.15) is 5.15 Å². The molecule has 0 bridgehead atoms. The summed E-state index contributed by atoms with van der Waals surface area (Å²) in [7, 11) is 0. The van der Waals surface area contributed by atoms with E-state index in [1.807, 2.05) is 36.4 Å². The van der Waals surface area contributed by atoms with E-state index in [9.17, 15) is 4.79 Å². The van der Waals surface area contributed by atoms with Gasteiger partial charge in [0.05, 0.1) is 17.9 Å². The molecule has 1 aliphatic heterocycles. The van der Waals surface area contributed by atoms with Gasteiger partial charge in [0, 0.05) is 12.8 Å². The molecule has 1 aliphatic rings. The van der Waals surface area contributed by atoms with Crippen molar-refractivity contribution in [2.45, 2.75) is 19.4 Å². The van der Waals surface area contributed by atoms with Crippen molar-refractivity contribution in [3.8, 4) is 0 Å². The lowest BCUT2D eigenvalue weighted by molar-refractivity contribution is -0.119. The zero-order valence-corrected chi connectivity index (χ0v) is 11.1. The second-order valence-electron chi connectivity index (χ2n) is 4.57. The number of halogens is 1. The third-order valence-corrected chi connectivity index (χ3v) is 3.48. The normalized spacial score (nSPS) is 14.4. The fourth-order valence-corrected chi connectivity index (χ4v) is 2.50. The highest BCUT2D eigenvalue weighted by molar-refractivity contribution is 6.29. The first-order valence-corrected chi connectivity index (χ1v) is 6.61. The van der Waals surface area contributed by atoms with Gasteiger partial charge in [-0.05, 0) is 17.7 Å². The predicted molar refractivity (Wildman–Crippen MR) is 75.2 cm³/mol. The molecule has 0 saturated heterocycles. The zero-order valence-electron chi connectivity index (χ0n) is 10.3.